The third-order valence-electron chi connectivity index (χ3n) is 3.87. The lowest BCUT2D eigenvalue weighted by atomic mass is 10.1. The molecule has 0 amide bonds. The first kappa shape index (κ1) is 21.3. The zero-order chi connectivity index (χ0) is 18.2. The minimum Gasteiger partial charge on any atom is -0.396 e. The first-order chi connectivity index (χ1) is 12.3. The molecule has 0 saturated heterocycles. The van der Waals surface area contributed by atoms with E-state index in [-0.39, 0.29) is 6.61 Å². The second kappa shape index (κ2) is 14.6. The van der Waals surface area contributed by atoms with Crippen LogP contribution in [0.3, 0.4) is 0 Å². The van der Waals surface area contributed by atoms with Crippen LogP contribution in [0.15, 0.2) is 42.5 Å². The van der Waals surface area contributed by atoms with Gasteiger partial charge in [-0.05, 0) is 62.8 Å². The summed E-state index contributed by atoms with van der Waals surface area (Å²) >= 11 is 0. The van der Waals surface area contributed by atoms with Crippen molar-refractivity contribution in [3.63, 3.8) is 0 Å². The number of aliphatic hydroxyl groups excluding tert-OH is 2. The maximum atomic E-state index is 10.0. The van der Waals surface area contributed by atoms with Crippen molar-refractivity contribution in [1.29, 1.82) is 0 Å². The average Bonchev–Trinajstić information content (AvgIpc) is 2.63. The molecule has 3 nitrogen and oxygen atoms in total. The largest absolute Gasteiger partial charge is 0.396 e. The molecule has 0 saturated carbocycles. The van der Waals surface area contributed by atoms with Gasteiger partial charge in [-0.3, -0.25) is 0 Å². The van der Waals surface area contributed by atoms with Crippen molar-refractivity contribution in [3.8, 4) is 0 Å². The summed E-state index contributed by atoms with van der Waals surface area (Å²) < 4.78 is 0. The van der Waals surface area contributed by atoms with E-state index in [4.69, 9.17) is 5.11 Å². The molecule has 0 aliphatic carbocycles. The van der Waals surface area contributed by atoms with Gasteiger partial charge in [-0.25, -0.2) is 4.98 Å². The summed E-state index contributed by atoms with van der Waals surface area (Å²) in [6.45, 7) is 2.46. The standard InChI is InChI=1S/C22H33NO2/c1-2-3-4-5-6-10-16-22(25)18-17-21-15-12-14-20(23-21)13-9-7-8-11-19-24/h6,9-10,12-15,17-18,22,24-25H,2-5,7-8,11,16,19H2,1H3. The first-order valence-corrected chi connectivity index (χ1v) is 9.52. The molecule has 1 unspecified atom stereocenters. The Kier molecular flexibility index (Phi) is 12.5. The van der Waals surface area contributed by atoms with Crippen molar-refractivity contribution >= 4 is 12.2 Å². The third-order valence-corrected chi connectivity index (χ3v) is 3.87. The van der Waals surface area contributed by atoms with Crippen molar-refractivity contribution in [2.24, 2.45) is 0 Å². The Morgan fingerprint density at radius 3 is 2.44 bits per heavy atom. The molecule has 25 heavy (non-hydrogen) atoms. The molecule has 1 aromatic heterocycles. The highest BCUT2D eigenvalue weighted by Crippen LogP contribution is 2.07. The monoisotopic (exact) mass is 343 g/mol. The van der Waals surface area contributed by atoms with Gasteiger partial charge in [0.1, 0.15) is 0 Å². The maximum absolute atomic E-state index is 10.0. The van der Waals surface area contributed by atoms with Crippen molar-refractivity contribution in [2.75, 3.05) is 6.61 Å². The smallest absolute Gasteiger partial charge is 0.0759 e. The summed E-state index contributed by atoms with van der Waals surface area (Å²) in [4.78, 5) is 4.54. The molecular weight excluding hydrogens is 310 g/mol. The fraction of sp³-hybridized carbons (Fsp3) is 0.500. The van der Waals surface area contributed by atoms with Crippen molar-refractivity contribution in [3.05, 3.63) is 53.9 Å². The molecular formula is C22H33NO2. The Bertz CT molecular complexity index is 535. The van der Waals surface area contributed by atoms with E-state index >= 15 is 0 Å². The fourth-order valence-corrected chi connectivity index (χ4v) is 2.39. The molecule has 1 aromatic rings. The number of pyridine rings is 1. The molecule has 138 valence electrons. The summed E-state index contributed by atoms with van der Waals surface area (Å²) in [6, 6.07) is 5.88. The number of hydrogen-bond acceptors (Lipinski definition) is 3. The van der Waals surface area contributed by atoms with E-state index in [1.54, 1.807) is 6.08 Å². The van der Waals surface area contributed by atoms with Gasteiger partial charge in [0.15, 0.2) is 0 Å². The Balaban J connectivity index is 2.39. The highest BCUT2D eigenvalue weighted by atomic mass is 16.3. The van der Waals surface area contributed by atoms with Gasteiger partial charge >= 0.3 is 0 Å². The van der Waals surface area contributed by atoms with E-state index in [0.717, 1.165) is 37.1 Å². The van der Waals surface area contributed by atoms with Crippen LogP contribution in [-0.2, 0) is 0 Å². The van der Waals surface area contributed by atoms with Crippen LogP contribution in [0, 0.1) is 0 Å². The second-order valence-electron chi connectivity index (χ2n) is 6.24. The van der Waals surface area contributed by atoms with E-state index < -0.39 is 6.10 Å². The van der Waals surface area contributed by atoms with Gasteiger partial charge in [-0.1, -0.05) is 50.1 Å². The quantitative estimate of drug-likeness (QED) is 0.384. The number of rotatable bonds is 13. The van der Waals surface area contributed by atoms with Gasteiger partial charge in [0.2, 0.25) is 0 Å². The predicted molar refractivity (Wildman–Crippen MR) is 107 cm³/mol. The molecule has 0 aliphatic rings. The number of unbranched alkanes of at least 4 members (excludes halogenated alkanes) is 5. The summed E-state index contributed by atoms with van der Waals surface area (Å²) in [5.74, 6) is 0. The van der Waals surface area contributed by atoms with E-state index in [2.05, 4.69) is 30.1 Å². The van der Waals surface area contributed by atoms with Crippen molar-refractivity contribution in [1.82, 2.24) is 4.98 Å². The minimum atomic E-state index is -0.470. The van der Waals surface area contributed by atoms with Gasteiger partial charge < -0.3 is 10.2 Å². The van der Waals surface area contributed by atoms with Gasteiger partial charge in [-0.2, -0.15) is 0 Å². The van der Waals surface area contributed by atoms with Gasteiger partial charge in [0, 0.05) is 6.61 Å². The molecule has 2 N–H and O–H groups in total. The number of allylic oxidation sites excluding steroid dienone is 2. The molecule has 0 radical (unpaired) electrons. The molecule has 0 fully saturated rings. The first-order valence-electron chi connectivity index (χ1n) is 9.52. The topological polar surface area (TPSA) is 53.4 Å². The van der Waals surface area contributed by atoms with Crippen LogP contribution in [-0.4, -0.2) is 27.9 Å². The fourth-order valence-electron chi connectivity index (χ4n) is 2.39. The minimum absolute atomic E-state index is 0.253. The van der Waals surface area contributed by atoms with E-state index in [0.29, 0.717) is 6.42 Å². The number of aliphatic hydroxyl groups is 2. The summed E-state index contributed by atoms with van der Waals surface area (Å²) in [7, 11) is 0. The zero-order valence-electron chi connectivity index (χ0n) is 15.5. The Labute approximate surface area is 152 Å². The van der Waals surface area contributed by atoms with Crippen LogP contribution in [0.4, 0.5) is 0 Å². The van der Waals surface area contributed by atoms with Gasteiger partial charge in [0.25, 0.3) is 0 Å². The van der Waals surface area contributed by atoms with Gasteiger partial charge in [0.05, 0.1) is 17.5 Å². The molecule has 1 atom stereocenters. The molecule has 0 bridgehead atoms. The normalized spacial score (nSPS) is 13.4. The Hall–Kier alpha value is -1.71. The van der Waals surface area contributed by atoms with Crippen LogP contribution in [0.25, 0.3) is 12.2 Å². The Morgan fingerprint density at radius 1 is 0.960 bits per heavy atom. The van der Waals surface area contributed by atoms with Crippen LogP contribution >= 0.6 is 0 Å². The van der Waals surface area contributed by atoms with Crippen LogP contribution < -0.4 is 0 Å². The number of nitrogens with zero attached hydrogens (tertiary/aromatic N) is 1. The van der Waals surface area contributed by atoms with E-state index in [1.165, 1.54) is 19.3 Å². The van der Waals surface area contributed by atoms with Crippen LogP contribution in [0.1, 0.15) is 69.7 Å². The summed E-state index contributed by atoms with van der Waals surface area (Å²) in [6.07, 6.45) is 19.8. The van der Waals surface area contributed by atoms with E-state index in [1.807, 2.05) is 30.4 Å². The molecule has 0 spiro atoms. The molecule has 0 aliphatic heterocycles. The second-order valence-corrected chi connectivity index (χ2v) is 6.24. The highest BCUT2D eigenvalue weighted by molar-refractivity contribution is 5.51. The summed E-state index contributed by atoms with van der Waals surface area (Å²) in [5.41, 5.74) is 1.76. The van der Waals surface area contributed by atoms with Crippen LogP contribution in [0.2, 0.25) is 0 Å². The average molecular weight is 344 g/mol. The van der Waals surface area contributed by atoms with E-state index in [9.17, 15) is 5.11 Å². The summed E-state index contributed by atoms with van der Waals surface area (Å²) in [5, 5.41) is 18.8. The van der Waals surface area contributed by atoms with Gasteiger partial charge in [-0.15, -0.1) is 0 Å². The Morgan fingerprint density at radius 2 is 1.68 bits per heavy atom. The SMILES string of the molecule is CCCCCC=CCC(O)C=Cc1cccc(C=CCCCCO)n1. The highest BCUT2D eigenvalue weighted by Gasteiger charge is 1.97. The molecule has 1 heterocycles. The van der Waals surface area contributed by atoms with Crippen LogP contribution in [0.5, 0.6) is 0 Å². The zero-order valence-corrected chi connectivity index (χ0v) is 15.5. The number of aromatic nitrogens is 1. The third kappa shape index (κ3) is 11.5. The predicted octanol–water partition coefficient (Wildman–Crippen LogP) is 5.16. The lowest BCUT2D eigenvalue weighted by molar-refractivity contribution is 0.227. The number of hydrogen-bond donors (Lipinski definition) is 2. The lowest BCUT2D eigenvalue weighted by Gasteiger charge is -2.01. The molecule has 1 rings (SSSR count). The molecule has 3 heteroatoms. The lowest BCUT2D eigenvalue weighted by Crippen LogP contribution is -1.99. The van der Waals surface area contributed by atoms with Crippen molar-refractivity contribution < 1.29 is 10.2 Å². The van der Waals surface area contributed by atoms with Crippen molar-refractivity contribution in [2.45, 2.75) is 64.4 Å². The molecule has 0 aromatic carbocycles. The maximum Gasteiger partial charge on any atom is 0.0759 e.